The van der Waals surface area contributed by atoms with Crippen LogP contribution in [0, 0.1) is 11.6 Å². The van der Waals surface area contributed by atoms with Gasteiger partial charge in [-0.1, -0.05) is 0 Å². The lowest BCUT2D eigenvalue weighted by atomic mass is 10.1. The van der Waals surface area contributed by atoms with Crippen molar-refractivity contribution in [1.29, 1.82) is 0 Å². The quantitative estimate of drug-likeness (QED) is 0.850. The molecule has 98 valence electrons. The number of amides is 1. The highest BCUT2D eigenvalue weighted by Crippen LogP contribution is 2.14. The summed E-state index contributed by atoms with van der Waals surface area (Å²) in [7, 11) is 0. The average molecular weight is 256 g/mol. The monoisotopic (exact) mass is 256 g/mol. The molecule has 18 heavy (non-hydrogen) atoms. The summed E-state index contributed by atoms with van der Waals surface area (Å²) in [5.74, 6) is -2.02. The lowest BCUT2D eigenvalue weighted by Gasteiger charge is -2.32. The molecule has 4 nitrogen and oxygen atoms in total. The summed E-state index contributed by atoms with van der Waals surface area (Å²) in [5, 5.41) is 0. The fourth-order valence-corrected chi connectivity index (χ4v) is 1.88. The van der Waals surface area contributed by atoms with Crippen LogP contribution in [-0.4, -0.2) is 43.2 Å². The first-order valence-electron chi connectivity index (χ1n) is 5.68. The molecule has 1 aromatic carbocycles. The van der Waals surface area contributed by atoms with Crippen LogP contribution in [0.25, 0.3) is 0 Å². The van der Waals surface area contributed by atoms with Crippen LogP contribution in [-0.2, 0) is 4.74 Å². The molecule has 1 aliphatic rings. The Morgan fingerprint density at radius 2 is 2.28 bits per heavy atom. The van der Waals surface area contributed by atoms with Crippen molar-refractivity contribution in [2.45, 2.75) is 6.10 Å². The fourth-order valence-electron chi connectivity index (χ4n) is 1.88. The van der Waals surface area contributed by atoms with Crippen molar-refractivity contribution in [2.75, 3.05) is 26.2 Å². The van der Waals surface area contributed by atoms with E-state index in [2.05, 4.69) is 0 Å². The topological polar surface area (TPSA) is 55.6 Å². The van der Waals surface area contributed by atoms with Crippen LogP contribution in [0.15, 0.2) is 18.2 Å². The second kappa shape index (κ2) is 5.41. The molecule has 2 N–H and O–H groups in total. The van der Waals surface area contributed by atoms with Crippen LogP contribution in [0.4, 0.5) is 8.78 Å². The molecule has 1 aliphatic heterocycles. The van der Waals surface area contributed by atoms with E-state index in [0.29, 0.717) is 32.3 Å². The zero-order valence-electron chi connectivity index (χ0n) is 9.73. The summed E-state index contributed by atoms with van der Waals surface area (Å²) in [6.07, 6.45) is -0.230. The molecule has 0 radical (unpaired) electrons. The summed E-state index contributed by atoms with van der Waals surface area (Å²) in [5.41, 5.74) is 5.34. The first-order valence-corrected chi connectivity index (χ1v) is 5.68. The van der Waals surface area contributed by atoms with Gasteiger partial charge in [0.25, 0.3) is 5.91 Å². The van der Waals surface area contributed by atoms with Crippen molar-refractivity contribution in [1.82, 2.24) is 4.90 Å². The summed E-state index contributed by atoms with van der Waals surface area (Å²) in [4.78, 5) is 13.5. The number of nitrogens with two attached hydrogens (primary N) is 1. The van der Waals surface area contributed by atoms with Crippen molar-refractivity contribution in [3.63, 3.8) is 0 Å². The molecule has 1 heterocycles. The van der Waals surface area contributed by atoms with Gasteiger partial charge in [-0.05, 0) is 12.1 Å². The lowest BCUT2D eigenvalue weighted by molar-refractivity contribution is -0.0169. The second-order valence-corrected chi connectivity index (χ2v) is 4.10. The number of rotatable bonds is 2. The van der Waals surface area contributed by atoms with Crippen LogP contribution in [0.3, 0.4) is 0 Å². The van der Waals surface area contributed by atoms with Gasteiger partial charge in [0.15, 0.2) is 0 Å². The van der Waals surface area contributed by atoms with Gasteiger partial charge >= 0.3 is 0 Å². The van der Waals surface area contributed by atoms with E-state index in [0.717, 1.165) is 12.1 Å². The number of hydrogen-bond donors (Lipinski definition) is 1. The Balaban J connectivity index is 2.15. The first kappa shape index (κ1) is 12.9. The Morgan fingerprint density at radius 3 is 2.94 bits per heavy atom. The van der Waals surface area contributed by atoms with Gasteiger partial charge in [-0.25, -0.2) is 8.78 Å². The number of nitrogens with zero attached hydrogens (tertiary/aromatic N) is 1. The molecule has 1 amide bonds. The average Bonchev–Trinajstić information content (AvgIpc) is 2.38. The van der Waals surface area contributed by atoms with Gasteiger partial charge in [0.05, 0.1) is 18.3 Å². The smallest absolute Gasteiger partial charge is 0.257 e. The predicted molar refractivity (Wildman–Crippen MR) is 61.1 cm³/mol. The minimum Gasteiger partial charge on any atom is -0.373 e. The van der Waals surface area contributed by atoms with E-state index < -0.39 is 17.5 Å². The third-order valence-corrected chi connectivity index (χ3v) is 2.85. The molecule has 2 rings (SSSR count). The SMILES string of the molecule is NCC1CN(C(=O)c2ccc(F)cc2F)CCO1. The number of halogens is 2. The van der Waals surface area contributed by atoms with E-state index in [-0.39, 0.29) is 11.7 Å². The molecule has 1 unspecified atom stereocenters. The third-order valence-electron chi connectivity index (χ3n) is 2.85. The van der Waals surface area contributed by atoms with Crippen molar-refractivity contribution in [3.8, 4) is 0 Å². The second-order valence-electron chi connectivity index (χ2n) is 4.10. The molecule has 6 heteroatoms. The van der Waals surface area contributed by atoms with Gasteiger partial charge in [-0.3, -0.25) is 4.79 Å². The standard InChI is InChI=1S/C12H14F2N2O2/c13-8-1-2-10(11(14)5-8)12(17)16-3-4-18-9(6-15)7-16/h1-2,5,9H,3-4,6-7,15H2. The Kier molecular flexibility index (Phi) is 3.88. The third kappa shape index (κ3) is 2.65. The number of carbonyl (C=O) groups excluding carboxylic acids is 1. The largest absolute Gasteiger partial charge is 0.373 e. The number of hydrogen-bond acceptors (Lipinski definition) is 3. The molecule has 0 saturated carbocycles. The number of ether oxygens (including phenoxy) is 1. The van der Waals surface area contributed by atoms with Crippen LogP contribution < -0.4 is 5.73 Å². The minimum atomic E-state index is -0.851. The van der Waals surface area contributed by atoms with Gasteiger partial charge in [0.1, 0.15) is 11.6 Å². The Hall–Kier alpha value is -1.53. The molecule has 1 atom stereocenters. The number of morpholine rings is 1. The Labute approximate surface area is 103 Å². The van der Waals surface area contributed by atoms with E-state index in [9.17, 15) is 13.6 Å². The molecular weight excluding hydrogens is 242 g/mol. The van der Waals surface area contributed by atoms with Gasteiger partial charge in [-0.2, -0.15) is 0 Å². The summed E-state index contributed by atoms with van der Waals surface area (Å²) < 4.78 is 31.6. The van der Waals surface area contributed by atoms with Crippen molar-refractivity contribution in [2.24, 2.45) is 5.73 Å². The van der Waals surface area contributed by atoms with Crippen LogP contribution in [0.2, 0.25) is 0 Å². The van der Waals surface area contributed by atoms with Crippen molar-refractivity contribution < 1.29 is 18.3 Å². The van der Waals surface area contributed by atoms with Crippen LogP contribution >= 0.6 is 0 Å². The van der Waals surface area contributed by atoms with E-state index in [1.807, 2.05) is 0 Å². The molecule has 0 aromatic heterocycles. The summed E-state index contributed by atoms with van der Waals surface area (Å²) in [6, 6.07) is 2.92. The van der Waals surface area contributed by atoms with Crippen molar-refractivity contribution >= 4 is 5.91 Å². The van der Waals surface area contributed by atoms with Gasteiger partial charge in [0.2, 0.25) is 0 Å². The van der Waals surface area contributed by atoms with E-state index in [1.165, 1.54) is 4.90 Å². The molecule has 0 bridgehead atoms. The van der Waals surface area contributed by atoms with Gasteiger partial charge in [0, 0.05) is 25.7 Å². The number of benzene rings is 1. The zero-order valence-corrected chi connectivity index (χ0v) is 9.73. The van der Waals surface area contributed by atoms with Crippen LogP contribution in [0.1, 0.15) is 10.4 Å². The molecule has 0 aliphatic carbocycles. The van der Waals surface area contributed by atoms with E-state index in [4.69, 9.17) is 10.5 Å². The normalized spacial score (nSPS) is 19.9. The first-order chi connectivity index (χ1) is 8.61. The van der Waals surface area contributed by atoms with E-state index in [1.54, 1.807) is 0 Å². The maximum absolute atomic E-state index is 13.5. The lowest BCUT2D eigenvalue weighted by Crippen LogP contribution is -2.48. The minimum absolute atomic E-state index is 0.130. The van der Waals surface area contributed by atoms with Gasteiger partial charge < -0.3 is 15.4 Å². The Morgan fingerprint density at radius 1 is 1.50 bits per heavy atom. The molecule has 1 fully saturated rings. The predicted octanol–water partition coefficient (Wildman–Crippen LogP) is 0.764. The zero-order chi connectivity index (χ0) is 13.1. The van der Waals surface area contributed by atoms with Gasteiger partial charge in [-0.15, -0.1) is 0 Å². The van der Waals surface area contributed by atoms with Crippen molar-refractivity contribution in [3.05, 3.63) is 35.4 Å². The highest BCUT2D eigenvalue weighted by Gasteiger charge is 2.25. The highest BCUT2D eigenvalue weighted by molar-refractivity contribution is 5.94. The number of carbonyl (C=O) groups is 1. The Bertz CT molecular complexity index is 454. The molecule has 1 aromatic rings. The van der Waals surface area contributed by atoms with E-state index >= 15 is 0 Å². The molecule has 1 saturated heterocycles. The fraction of sp³-hybridized carbons (Fsp3) is 0.417. The maximum Gasteiger partial charge on any atom is 0.257 e. The summed E-state index contributed by atoms with van der Waals surface area (Å²) in [6.45, 7) is 1.38. The molecular formula is C12H14F2N2O2. The molecule has 0 spiro atoms. The van der Waals surface area contributed by atoms with Crippen LogP contribution in [0.5, 0.6) is 0 Å². The maximum atomic E-state index is 13.5. The summed E-state index contributed by atoms with van der Waals surface area (Å²) >= 11 is 0. The highest BCUT2D eigenvalue weighted by atomic mass is 19.1.